The minimum Gasteiger partial charge on any atom is -0.232 e. The molecule has 0 radical (unpaired) electrons. The van der Waals surface area contributed by atoms with Gasteiger partial charge in [-0.05, 0) is 12.8 Å². The fraction of sp³-hybridized carbons (Fsp3) is 1.00. The second kappa shape index (κ2) is 5.71. The Morgan fingerprint density at radius 2 is 1.50 bits per heavy atom. The topological polar surface area (TPSA) is 34.1 Å². The zero-order valence-electron chi connectivity index (χ0n) is 6.67. The molecule has 0 rings (SSSR count). The van der Waals surface area contributed by atoms with Gasteiger partial charge in [-0.15, -0.1) is 0 Å². The first kappa shape index (κ1) is 9.95. The first-order valence-electron chi connectivity index (χ1n) is 3.85. The molecule has 0 unspecified atom stereocenters. The maximum absolute atomic E-state index is 10.5. The van der Waals surface area contributed by atoms with Crippen molar-refractivity contribution in [2.75, 3.05) is 0 Å². The highest BCUT2D eigenvalue weighted by molar-refractivity contribution is 7.73. The summed E-state index contributed by atoms with van der Waals surface area (Å²) < 4.78 is 21.0. The van der Waals surface area contributed by atoms with Gasteiger partial charge in [0.05, 0.1) is 5.25 Å². The summed E-state index contributed by atoms with van der Waals surface area (Å²) in [5.41, 5.74) is 0. The Hall–Kier alpha value is -0.0500. The minimum absolute atomic E-state index is 0.0648. The molecule has 0 saturated carbocycles. The molecule has 0 saturated heterocycles. The van der Waals surface area contributed by atoms with E-state index in [9.17, 15) is 8.42 Å². The van der Waals surface area contributed by atoms with Gasteiger partial charge in [0, 0.05) is 0 Å². The Bertz CT molecular complexity index is 127. The number of hydrogen-bond donors (Lipinski definition) is 1. The highest BCUT2D eigenvalue weighted by atomic mass is 32.2. The highest BCUT2D eigenvalue weighted by Crippen LogP contribution is 2.07. The van der Waals surface area contributed by atoms with Crippen molar-refractivity contribution in [1.82, 2.24) is 0 Å². The smallest absolute Gasteiger partial charge is 0.143 e. The molecule has 10 heavy (non-hydrogen) atoms. The van der Waals surface area contributed by atoms with Gasteiger partial charge in [0.15, 0.2) is 0 Å². The van der Waals surface area contributed by atoms with Crippen LogP contribution in [-0.2, 0) is 10.7 Å². The third kappa shape index (κ3) is 3.88. The van der Waals surface area contributed by atoms with Crippen LogP contribution in [0.15, 0.2) is 0 Å². The van der Waals surface area contributed by atoms with Crippen LogP contribution in [0.5, 0.6) is 0 Å². The molecule has 3 heteroatoms. The van der Waals surface area contributed by atoms with E-state index in [0.29, 0.717) is 0 Å². The monoisotopic (exact) mass is 164 g/mol. The van der Waals surface area contributed by atoms with Crippen molar-refractivity contribution < 1.29 is 8.42 Å². The molecular formula is C7H16O2S. The fourth-order valence-corrected chi connectivity index (χ4v) is 1.96. The van der Waals surface area contributed by atoms with Crippen molar-refractivity contribution in [3.05, 3.63) is 0 Å². The first-order chi connectivity index (χ1) is 4.72. The van der Waals surface area contributed by atoms with E-state index in [2.05, 4.69) is 0 Å². The molecule has 0 aromatic carbocycles. The molecular weight excluding hydrogens is 148 g/mol. The quantitative estimate of drug-likeness (QED) is 0.626. The molecule has 0 N–H and O–H groups in total. The number of thiol groups is 1. The first-order valence-corrected chi connectivity index (χ1v) is 5.10. The van der Waals surface area contributed by atoms with E-state index < -0.39 is 10.7 Å². The van der Waals surface area contributed by atoms with Crippen LogP contribution in [0.1, 0.15) is 39.5 Å². The molecule has 62 valence electrons. The van der Waals surface area contributed by atoms with Crippen LogP contribution in [0.25, 0.3) is 0 Å². The lowest BCUT2D eigenvalue weighted by Gasteiger charge is -2.05. The van der Waals surface area contributed by atoms with Crippen molar-refractivity contribution >= 4 is 10.7 Å². The molecule has 0 aliphatic rings. The van der Waals surface area contributed by atoms with Crippen LogP contribution in [0.4, 0.5) is 0 Å². The van der Waals surface area contributed by atoms with Gasteiger partial charge in [-0.3, -0.25) is 0 Å². The SMILES string of the molecule is CCCC(CCC)[SH](=O)=O. The normalized spacial score (nSPS) is 11.2. The van der Waals surface area contributed by atoms with Crippen LogP contribution in [-0.4, -0.2) is 13.7 Å². The summed E-state index contributed by atoms with van der Waals surface area (Å²) in [7, 11) is -2.18. The van der Waals surface area contributed by atoms with E-state index >= 15 is 0 Å². The predicted molar refractivity (Wildman–Crippen MR) is 43.9 cm³/mol. The molecule has 0 amide bonds. The highest BCUT2D eigenvalue weighted by Gasteiger charge is 2.07. The number of hydrogen-bond acceptors (Lipinski definition) is 2. The minimum atomic E-state index is -2.18. The summed E-state index contributed by atoms with van der Waals surface area (Å²) in [5.74, 6) is 0. The van der Waals surface area contributed by atoms with Gasteiger partial charge in [-0.1, -0.05) is 26.7 Å². The van der Waals surface area contributed by atoms with Gasteiger partial charge in [0.25, 0.3) is 0 Å². The second-order valence-electron chi connectivity index (χ2n) is 2.52. The van der Waals surface area contributed by atoms with Crippen molar-refractivity contribution in [3.63, 3.8) is 0 Å². The lowest BCUT2D eigenvalue weighted by Crippen LogP contribution is -2.08. The van der Waals surface area contributed by atoms with E-state index in [-0.39, 0.29) is 5.25 Å². The Morgan fingerprint density at radius 3 is 1.70 bits per heavy atom. The van der Waals surface area contributed by atoms with Crippen LogP contribution >= 0.6 is 0 Å². The van der Waals surface area contributed by atoms with Crippen molar-refractivity contribution in [2.24, 2.45) is 0 Å². The van der Waals surface area contributed by atoms with E-state index in [1.807, 2.05) is 13.8 Å². The Balaban J connectivity index is 3.73. The van der Waals surface area contributed by atoms with E-state index in [4.69, 9.17) is 0 Å². The summed E-state index contributed by atoms with van der Waals surface area (Å²) in [6.45, 7) is 4.03. The van der Waals surface area contributed by atoms with E-state index in [0.717, 1.165) is 25.7 Å². The molecule has 2 nitrogen and oxygen atoms in total. The predicted octanol–water partition coefficient (Wildman–Crippen LogP) is 1.57. The van der Waals surface area contributed by atoms with E-state index in [1.54, 1.807) is 0 Å². The third-order valence-corrected chi connectivity index (χ3v) is 2.65. The second-order valence-corrected chi connectivity index (χ2v) is 3.82. The van der Waals surface area contributed by atoms with Crippen molar-refractivity contribution in [2.45, 2.75) is 44.8 Å². The molecule has 0 heterocycles. The molecule has 0 atom stereocenters. The third-order valence-electron chi connectivity index (χ3n) is 1.54. The summed E-state index contributed by atoms with van der Waals surface area (Å²) in [4.78, 5) is 0. The summed E-state index contributed by atoms with van der Waals surface area (Å²) in [5, 5.41) is -0.0648. The summed E-state index contributed by atoms with van der Waals surface area (Å²) >= 11 is 0. The van der Waals surface area contributed by atoms with Crippen molar-refractivity contribution in [3.8, 4) is 0 Å². The fourth-order valence-electron chi connectivity index (χ4n) is 1.02. The molecule has 0 aliphatic heterocycles. The molecule has 0 spiro atoms. The van der Waals surface area contributed by atoms with Crippen LogP contribution in [0.3, 0.4) is 0 Å². The van der Waals surface area contributed by atoms with Crippen LogP contribution in [0, 0.1) is 0 Å². The van der Waals surface area contributed by atoms with Crippen LogP contribution in [0.2, 0.25) is 0 Å². The largest absolute Gasteiger partial charge is 0.232 e. The Kier molecular flexibility index (Phi) is 5.69. The zero-order valence-corrected chi connectivity index (χ0v) is 7.56. The van der Waals surface area contributed by atoms with Crippen molar-refractivity contribution in [1.29, 1.82) is 0 Å². The lowest BCUT2D eigenvalue weighted by molar-refractivity contribution is 0.573. The Labute approximate surface area is 64.6 Å². The standard InChI is InChI=1S/C7H16O2S/c1-3-5-7(6-4-2)10(8)9/h7,10H,3-6H2,1-2H3. The Morgan fingerprint density at radius 1 is 1.10 bits per heavy atom. The van der Waals surface area contributed by atoms with Gasteiger partial charge in [0.2, 0.25) is 0 Å². The summed E-state index contributed by atoms with van der Waals surface area (Å²) in [6.07, 6.45) is 3.58. The molecule has 0 aromatic rings. The average molecular weight is 164 g/mol. The molecule has 0 fully saturated rings. The zero-order chi connectivity index (χ0) is 7.98. The van der Waals surface area contributed by atoms with Gasteiger partial charge < -0.3 is 0 Å². The van der Waals surface area contributed by atoms with Gasteiger partial charge >= 0.3 is 0 Å². The van der Waals surface area contributed by atoms with Crippen LogP contribution < -0.4 is 0 Å². The molecule has 0 bridgehead atoms. The molecule has 0 aromatic heterocycles. The van der Waals surface area contributed by atoms with E-state index in [1.165, 1.54) is 0 Å². The lowest BCUT2D eigenvalue weighted by atomic mass is 10.2. The van der Waals surface area contributed by atoms with Gasteiger partial charge in [-0.2, -0.15) is 0 Å². The maximum atomic E-state index is 10.5. The summed E-state index contributed by atoms with van der Waals surface area (Å²) in [6, 6.07) is 0. The average Bonchev–Trinajstić information content (AvgIpc) is 1.87. The number of rotatable bonds is 5. The van der Waals surface area contributed by atoms with Gasteiger partial charge in [0.1, 0.15) is 10.7 Å². The molecule has 0 aliphatic carbocycles. The van der Waals surface area contributed by atoms with Gasteiger partial charge in [-0.25, -0.2) is 8.42 Å². The maximum Gasteiger partial charge on any atom is 0.143 e.